The SMILES string of the molecule is CNC1=C(C(=O)C(C)(C)C)Cc2nc(-c3ccc(Cl)cc3Cl)c(-c3ccc(Cl)cc3)cc21. The number of carbonyl (C=O) groups excluding carboxylic acids is 1. The maximum Gasteiger partial charge on any atom is 0.166 e. The molecule has 0 spiro atoms. The highest BCUT2D eigenvalue weighted by Gasteiger charge is 2.34. The lowest BCUT2D eigenvalue weighted by atomic mass is 9.85. The summed E-state index contributed by atoms with van der Waals surface area (Å²) in [5, 5.41) is 4.98. The molecule has 4 rings (SSSR count). The Morgan fingerprint density at radius 3 is 2.16 bits per heavy atom. The second kappa shape index (κ2) is 8.55. The van der Waals surface area contributed by atoms with E-state index in [1.165, 1.54) is 0 Å². The largest absolute Gasteiger partial charge is 0.387 e. The van der Waals surface area contributed by atoms with Crippen molar-refractivity contribution in [1.82, 2.24) is 10.3 Å². The number of benzene rings is 2. The van der Waals surface area contributed by atoms with Gasteiger partial charge in [0.05, 0.1) is 22.1 Å². The van der Waals surface area contributed by atoms with Crippen molar-refractivity contribution in [3.05, 3.63) is 80.4 Å². The maximum atomic E-state index is 13.2. The molecule has 0 aliphatic heterocycles. The first kappa shape index (κ1) is 22.8. The summed E-state index contributed by atoms with van der Waals surface area (Å²) in [6, 6.07) is 15.1. The van der Waals surface area contributed by atoms with E-state index in [4.69, 9.17) is 39.8 Å². The molecule has 1 aliphatic carbocycles. The number of rotatable bonds is 4. The van der Waals surface area contributed by atoms with Crippen molar-refractivity contribution in [2.24, 2.45) is 5.41 Å². The van der Waals surface area contributed by atoms with Crippen LogP contribution in [0.1, 0.15) is 32.0 Å². The van der Waals surface area contributed by atoms with Crippen LogP contribution >= 0.6 is 34.8 Å². The van der Waals surface area contributed by atoms with Gasteiger partial charge < -0.3 is 5.32 Å². The molecule has 3 aromatic rings. The molecule has 0 bridgehead atoms. The number of hydrogen-bond donors (Lipinski definition) is 1. The molecule has 0 amide bonds. The van der Waals surface area contributed by atoms with E-state index in [0.29, 0.717) is 21.5 Å². The Bertz CT molecular complexity index is 1260. The number of nitrogens with zero attached hydrogens (tertiary/aromatic N) is 1. The van der Waals surface area contributed by atoms with Gasteiger partial charge in [-0.15, -0.1) is 0 Å². The van der Waals surface area contributed by atoms with Crippen LogP contribution in [0.25, 0.3) is 28.1 Å². The first-order chi connectivity index (χ1) is 15.1. The van der Waals surface area contributed by atoms with E-state index in [2.05, 4.69) is 11.4 Å². The Hall–Kier alpha value is -2.33. The fraction of sp³-hybridized carbons (Fsp3) is 0.231. The molecule has 0 saturated heterocycles. The van der Waals surface area contributed by atoms with E-state index >= 15 is 0 Å². The van der Waals surface area contributed by atoms with E-state index < -0.39 is 5.41 Å². The molecule has 164 valence electrons. The molecule has 1 aromatic heterocycles. The minimum Gasteiger partial charge on any atom is -0.387 e. The maximum absolute atomic E-state index is 13.2. The van der Waals surface area contributed by atoms with Crippen molar-refractivity contribution in [2.75, 3.05) is 7.05 Å². The number of Topliss-reactive ketones (excluding diaryl/α,β-unsaturated/α-hetero) is 1. The molecule has 32 heavy (non-hydrogen) atoms. The van der Waals surface area contributed by atoms with Gasteiger partial charge in [-0.25, -0.2) is 0 Å². The summed E-state index contributed by atoms with van der Waals surface area (Å²) in [7, 11) is 1.84. The monoisotopic (exact) mass is 484 g/mol. The van der Waals surface area contributed by atoms with Gasteiger partial charge in [-0.05, 0) is 42.0 Å². The second-order valence-corrected chi connectivity index (χ2v) is 10.1. The molecule has 0 atom stereocenters. The number of pyridine rings is 1. The third-order valence-electron chi connectivity index (χ3n) is 5.56. The van der Waals surface area contributed by atoms with Gasteiger partial charge in [-0.2, -0.15) is 0 Å². The fourth-order valence-electron chi connectivity index (χ4n) is 3.99. The minimum absolute atomic E-state index is 0.110. The third kappa shape index (κ3) is 4.17. The molecule has 1 aliphatic rings. The fourth-order valence-corrected chi connectivity index (χ4v) is 4.61. The highest BCUT2D eigenvalue weighted by atomic mass is 35.5. The second-order valence-electron chi connectivity index (χ2n) is 8.87. The van der Waals surface area contributed by atoms with Gasteiger partial charge in [0.15, 0.2) is 5.78 Å². The number of halogens is 3. The van der Waals surface area contributed by atoms with E-state index in [0.717, 1.165) is 44.9 Å². The van der Waals surface area contributed by atoms with E-state index in [9.17, 15) is 4.79 Å². The molecule has 2 aromatic carbocycles. The quantitative estimate of drug-likeness (QED) is 0.416. The minimum atomic E-state index is -0.485. The van der Waals surface area contributed by atoms with Crippen LogP contribution in [0.5, 0.6) is 0 Å². The van der Waals surface area contributed by atoms with Gasteiger partial charge in [-0.3, -0.25) is 9.78 Å². The first-order valence-corrected chi connectivity index (χ1v) is 11.4. The number of ketones is 1. The lowest BCUT2D eigenvalue weighted by Gasteiger charge is -2.18. The van der Waals surface area contributed by atoms with Crippen LogP contribution in [0.15, 0.2) is 54.1 Å². The summed E-state index contributed by atoms with van der Waals surface area (Å²) >= 11 is 18.8. The Morgan fingerprint density at radius 2 is 1.56 bits per heavy atom. The van der Waals surface area contributed by atoms with Crippen LogP contribution in [0.4, 0.5) is 0 Å². The Labute approximate surface area is 203 Å². The standard InChI is InChI=1S/C26H23Cl3N2O/c1-26(2,3)25(32)20-13-22-19(23(20)30-4)12-18(14-5-7-15(27)8-6-14)24(31-22)17-10-9-16(28)11-21(17)29/h5-12,30H,13H2,1-4H3. The lowest BCUT2D eigenvalue weighted by molar-refractivity contribution is -0.122. The highest BCUT2D eigenvalue weighted by Crippen LogP contribution is 2.42. The molecule has 6 heteroatoms. The average molecular weight is 486 g/mol. The summed E-state index contributed by atoms with van der Waals surface area (Å²) in [4.78, 5) is 18.2. The normalized spacial score (nSPS) is 13.3. The average Bonchev–Trinajstić information content (AvgIpc) is 3.09. The van der Waals surface area contributed by atoms with Gasteiger partial charge in [0.1, 0.15) is 0 Å². The van der Waals surface area contributed by atoms with Crippen molar-refractivity contribution >= 4 is 46.3 Å². The van der Waals surface area contributed by atoms with Crippen LogP contribution in [0, 0.1) is 5.41 Å². The number of aromatic nitrogens is 1. The van der Waals surface area contributed by atoms with Gasteiger partial charge in [-0.1, -0.05) is 67.7 Å². The van der Waals surface area contributed by atoms with Crippen molar-refractivity contribution in [3.63, 3.8) is 0 Å². The number of allylic oxidation sites excluding steroid dienone is 1. The highest BCUT2D eigenvalue weighted by molar-refractivity contribution is 6.36. The Balaban J connectivity index is 1.96. The van der Waals surface area contributed by atoms with Crippen LogP contribution in [0.2, 0.25) is 15.1 Å². The predicted molar refractivity (Wildman–Crippen MR) is 134 cm³/mol. The summed E-state index contributed by atoms with van der Waals surface area (Å²) in [5.41, 5.74) is 6.26. The van der Waals surface area contributed by atoms with Gasteiger partial charge in [0, 0.05) is 51.2 Å². The third-order valence-corrected chi connectivity index (χ3v) is 6.36. The van der Waals surface area contributed by atoms with Crippen molar-refractivity contribution in [3.8, 4) is 22.4 Å². The molecule has 0 saturated carbocycles. The predicted octanol–water partition coefficient (Wildman–Crippen LogP) is 7.48. The summed E-state index contributed by atoms with van der Waals surface area (Å²) in [5.74, 6) is 0.110. The molecule has 3 nitrogen and oxygen atoms in total. The Morgan fingerprint density at radius 1 is 0.906 bits per heavy atom. The van der Waals surface area contributed by atoms with E-state index in [1.807, 2.05) is 58.2 Å². The van der Waals surface area contributed by atoms with Crippen molar-refractivity contribution in [2.45, 2.75) is 27.2 Å². The molecular formula is C26H23Cl3N2O. The molecule has 1 heterocycles. The van der Waals surface area contributed by atoms with Gasteiger partial charge in [0.2, 0.25) is 0 Å². The van der Waals surface area contributed by atoms with Gasteiger partial charge >= 0.3 is 0 Å². The van der Waals surface area contributed by atoms with Crippen molar-refractivity contribution in [1.29, 1.82) is 0 Å². The molecular weight excluding hydrogens is 463 g/mol. The summed E-state index contributed by atoms with van der Waals surface area (Å²) in [6.07, 6.45) is 0.473. The summed E-state index contributed by atoms with van der Waals surface area (Å²) < 4.78 is 0. The van der Waals surface area contributed by atoms with Crippen LogP contribution in [-0.2, 0) is 11.2 Å². The first-order valence-electron chi connectivity index (χ1n) is 10.3. The van der Waals surface area contributed by atoms with E-state index in [-0.39, 0.29) is 5.78 Å². The molecule has 1 N–H and O–H groups in total. The van der Waals surface area contributed by atoms with Crippen LogP contribution in [-0.4, -0.2) is 17.8 Å². The van der Waals surface area contributed by atoms with E-state index in [1.54, 1.807) is 12.1 Å². The number of nitrogens with one attached hydrogen (secondary N) is 1. The van der Waals surface area contributed by atoms with Crippen molar-refractivity contribution < 1.29 is 4.79 Å². The summed E-state index contributed by atoms with van der Waals surface area (Å²) in [6.45, 7) is 5.80. The number of hydrogen-bond acceptors (Lipinski definition) is 3. The molecule has 0 fully saturated rings. The van der Waals surface area contributed by atoms with Crippen LogP contribution in [0.3, 0.4) is 0 Å². The zero-order valence-electron chi connectivity index (χ0n) is 18.3. The van der Waals surface area contributed by atoms with Crippen LogP contribution < -0.4 is 5.32 Å². The topological polar surface area (TPSA) is 42.0 Å². The number of fused-ring (bicyclic) bond motifs is 1. The molecule has 0 unspecified atom stereocenters. The number of carbonyl (C=O) groups is 1. The molecule has 0 radical (unpaired) electrons. The lowest BCUT2D eigenvalue weighted by Crippen LogP contribution is -2.24. The smallest absolute Gasteiger partial charge is 0.166 e. The zero-order chi connectivity index (χ0) is 23.2. The van der Waals surface area contributed by atoms with Gasteiger partial charge in [0.25, 0.3) is 0 Å². The Kier molecular flexibility index (Phi) is 6.10. The zero-order valence-corrected chi connectivity index (χ0v) is 20.6.